The number of hydrogen-bond donors (Lipinski definition) is 0. The van der Waals surface area contributed by atoms with Crippen LogP contribution in [0.2, 0.25) is 0 Å². The Morgan fingerprint density at radius 3 is 2.37 bits per heavy atom. The van der Waals surface area contributed by atoms with Gasteiger partial charge in [-0.1, -0.05) is 24.3 Å². The average Bonchev–Trinajstić information content (AvgIpc) is 3.05. The molecule has 0 fully saturated rings. The molecule has 0 saturated heterocycles. The fraction of sp³-hybridized carbons (Fsp3) is 0.341. The highest BCUT2D eigenvalue weighted by molar-refractivity contribution is 6.04. The van der Waals surface area contributed by atoms with Crippen LogP contribution in [0.25, 0.3) is 33.2 Å². The maximum Gasteiger partial charge on any atom is 0.340 e. The summed E-state index contributed by atoms with van der Waals surface area (Å²) < 4.78 is 37.8. The highest BCUT2D eigenvalue weighted by Gasteiger charge is 2.36. The SMILES string of the molecule is Cc1nc(C)c([C@H](OC(C)(C)C)C(=O)OC(C)C)c(-c2ccc3c4c(ccnc24)CCO3)c1-c1ccc(OCCc2ccc(F)cc2)cc1. The number of benzene rings is 3. The van der Waals surface area contributed by atoms with Crippen molar-refractivity contribution in [1.82, 2.24) is 9.97 Å². The molecule has 6 rings (SSSR count). The van der Waals surface area contributed by atoms with Crippen LogP contribution in [0.3, 0.4) is 0 Å². The first-order valence-electron chi connectivity index (χ1n) is 16.8. The summed E-state index contributed by atoms with van der Waals surface area (Å²) in [5.74, 6) is 0.769. The molecule has 1 aliphatic heterocycles. The van der Waals surface area contributed by atoms with Crippen molar-refractivity contribution in [2.24, 2.45) is 0 Å². The lowest BCUT2D eigenvalue weighted by Crippen LogP contribution is -2.31. The normalized spacial score (nSPS) is 13.3. The molecule has 0 aliphatic carbocycles. The number of carbonyl (C=O) groups is 1. The monoisotopic (exact) mass is 662 g/mol. The van der Waals surface area contributed by atoms with Gasteiger partial charge in [-0.15, -0.1) is 0 Å². The van der Waals surface area contributed by atoms with Crippen LogP contribution in [0.5, 0.6) is 11.5 Å². The highest BCUT2D eigenvalue weighted by Crippen LogP contribution is 2.47. The summed E-state index contributed by atoms with van der Waals surface area (Å²) in [6.45, 7) is 14.4. The van der Waals surface area contributed by atoms with Crippen molar-refractivity contribution in [2.45, 2.75) is 79.1 Å². The second-order valence-electron chi connectivity index (χ2n) is 13.7. The van der Waals surface area contributed by atoms with Crippen molar-refractivity contribution in [2.75, 3.05) is 13.2 Å². The summed E-state index contributed by atoms with van der Waals surface area (Å²) in [6.07, 6.45) is 1.88. The fourth-order valence-electron chi connectivity index (χ4n) is 6.45. The van der Waals surface area contributed by atoms with Crippen LogP contribution in [0.4, 0.5) is 4.39 Å². The number of esters is 1. The minimum atomic E-state index is -1.06. The zero-order chi connectivity index (χ0) is 34.9. The van der Waals surface area contributed by atoms with Gasteiger partial charge in [-0.25, -0.2) is 9.18 Å². The molecule has 8 heteroatoms. The van der Waals surface area contributed by atoms with E-state index in [1.165, 1.54) is 17.7 Å². The molecule has 0 spiro atoms. The molecule has 0 unspecified atom stereocenters. The Balaban J connectivity index is 1.51. The molecule has 3 aromatic carbocycles. The van der Waals surface area contributed by atoms with E-state index in [1.54, 1.807) is 12.1 Å². The lowest BCUT2D eigenvalue weighted by Gasteiger charge is -2.31. The molecule has 5 aromatic rings. The number of aryl methyl sites for hydroxylation is 2. The molecule has 254 valence electrons. The molecule has 2 aromatic heterocycles. The van der Waals surface area contributed by atoms with Gasteiger partial charge in [-0.3, -0.25) is 9.97 Å². The van der Waals surface area contributed by atoms with Gasteiger partial charge >= 0.3 is 5.97 Å². The third kappa shape index (κ3) is 7.44. The van der Waals surface area contributed by atoms with Gasteiger partial charge in [0.1, 0.15) is 17.3 Å². The van der Waals surface area contributed by atoms with Gasteiger partial charge in [0.05, 0.1) is 30.4 Å². The number of halogens is 1. The van der Waals surface area contributed by atoms with Crippen molar-refractivity contribution in [3.8, 4) is 33.8 Å². The second-order valence-corrected chi connectivity index (χ2v) is 13.7. The molecule has 1 atom stereocenters. The summed E-state index contributed by atoms with van der Waals surface area (Å²) >= 11 is 0. The predicted molar refractivity (Wildman–Crippen MR) is 189 cm³/mol. The van der Waals surface area contributed by atoms with E-state index >= 15 is 0 Å². The molecule has 0 N–H and O–H groups in total. The first-order valence-corrected chi connectivity index (χ1v) is 16.8. The quantitative estimate of drug-likeness (QED) is 0.138. The van der Waals surface area contributed by atoms with E-state index in [1.807, 2.05) is 97.1 Å². The van der Waals surface area contributed by atoms with Crippen LogP contribution < -0.4 is 9.47 Å². The van der Waals surface area contributed by atoms with E-state index in [2.05, 4.69) is 0 Å². The van der Waals surface area contributed by atoms with Gasteiger partial charge in [0.2, 0.25) is 0 Å². The van der Waals surface area contributed by atoms with Crippen LogP contribution in [-0.2, 0) is 27.1 Å². The van der Waals surface area contributed by atoms with E-state index in [4.69, 9.17) is 28.9 Å². The van der Waals surface area contributed by atoms with Crippen LogP contribution in [0.15, 0.2) is 72.9 Å². The van der Waals surface area contributed by atoms with Crippen LogP contribution >= 0.6 is 0 Å². The number of rotatable bonds is 10. The molecule has 0 saturated carbocycles. The molecular formula is C41H43FN2O5. The number of aromatic nitrogens is 2. The van der Waals surface area contributed by atoms with E-state index in [9.17, 15) is 9.18 Å². The molecule has 1 aliphatic rings. The fourth-order valence-corrected chi connectivity index (χ4v) is 6.45. The topological polar surface area (TPSA) is 79.8 Å². The lowest BCUT2D eigenvalue weighted by atomic mass is 9.85. The Labute approximate surface area is 287 Å². The zero-order valence-electron chi connectivity index (χ0n) is 29.2. The standard InChI is InChI=1S/C41H43FN2O5/c1-24(2)48-40(45)39(49-41(5,6)7)35-26(4)44-25(3)34(28-10-14-31(15-11-28)46-22-19-27-8-12-30(42)13-9-27)37(35)32-16-17-33-36-29(20-23-47-33)18-21-43-38(32)36/h8-18,21,24,39H,19-20,22-23H2,1-7H3/t39-/m0/s1. The Hall–Kier alpha value is -4.82. The molecule has 0 bridgehead atoms. The number of pyridine rings is 2. The van der Waals surface area contributed by atoms with Crippen molar-refractivity contribution >= 4 is 16.9 Å². The van der Waals surface area contributed by atoms with E-state index in [-0.39, 0.29) is 11.9 Å². The van der Waals surface area contributed by atoms with Crippen molar-refractivity contribution < 1.29 is 28.1 Å². The molecule has 3 heterocycles. The summed E-state index contributed by atoms with van der Waals surface area (Å²) in [5, 5.41) is 0.971. The number of ether oxygens (including phenoxy) is 4. The number of carbonyl (C=O) groups excluding carboxylic acids is 1. The van der Waals surface area contributed by atoms with Gasteiger partial charge in [0.25, 0.3) is 0 Å². The minimum Gasteiger partial charge on any atom is -0.493 e. The van der Waals surface area contributed by atoms with Gasteiger partial charge in [0.15, 0.2) is 6.10 Å². The molecule has 7 nitrogen and oxygen atoms in total. The summed E-state index contributed by atoms with van der Waals surface area (Å²) in [6, 6.07) is 20.4. The first kappa shape index (κ1) is 34.1. The average molecular weight is 663 g/mol. The Morgan fingerprint density at radius 1 is 0.939 bits per heavy atom. The van der Waals surface area contributed by atoms with E-state index in [0.717, 1.165) is 56.6 Å². The van der Waals surface area contributed by atoms with Crippen molar-refractivity contribution in [1.29, 1.82) is 0 Å². The summed E-state index contributed by atoms with van der Waals surface area (Å²) in [4.78, 5) is 23.9. The maximum atomic E-state index is 13.9. The Morgan fingerprint density at radius 2 is 1.67 bits per heavy atom. The third-order valence-electron chi connectivity index (χ3n) is 8.46. The first-order chi connectivity index (χ1) is 23.4. The highest BCUT2D eigenvalue weighted by atomic mass is 19.1. The molecule has 49 heavy (non-hydrogen) atoms. The smallest absolute Gasteiger partial charge is 0.340 e. The maximum absolute atomic E-state index is 13.9. The molecular weight excluding hydrogens is 619 g/mol. The van der Waals surface area contributed by atoms with Gasteiger partial charge in [-0.2, -0.15) is 0 Å². The largest absolute Gasteiger partial charge is 0.493 e. The molecule has 0 radical (unpaired) electrons. The van der Waals surface area contributed by atoms with Crippen molar-refractivity contribution in [3.05, 3.63) is 107 Å². The molecule has 0 amide bonds. The van der Waals surface area contributed by atoms with Gasteiger partial charge in [0, 0.05) is 58.1 Å². The predicted octanol–water partition coefficient (Wildman–Crippen LogP) is 9.08. The van der Waals surface area contributed by atoms with Crippen molar-refractivity contribution in [3.63, 3.8) is 0 Å². The summed E-state index contributed by atoms with van der Waals surface area (Å²) in [7, 11) is 0. The van der Waals surface area contributed by atoms with E-state index in [0.29, 0.717) is 36.6 Å². The van der Waals surface area contributed by atoms with Gasteiger partial charge in [-0.05, 0) is 108 Å². The third-order valence-corrected chi connectivity index (χ3v) is 8.46. The van der Waals surface area contributed by atoms with Crippen LogP contribution in [-0.4, -0.2) is 40.9 Å². The Kier molecular flexibility index (Phi) is 9.70. The second kappa shape index (κ2) is 14.0. The van der Waals surface area contributed by atoms with Gasteiger partial charge < -0.3 is 18.9 Å². The minimum absolute atomic E-state index is 0.256. The summed E-state index contributed by atoms with van der Waals surface area (Å²) in [5.41, 5.74) is 7.81. The van der Waals surface area contributed by atoms with Crippen LogP contribution in [0, 0.1) is 19.7 Å². The lowest BCUT2D eigenvalue weighted by molar-refractivity contribution is -0.171. The van der Waals surface area contributed by atoms with Crippen LogP contribution in [0.1, 0.15) is 68.8 Å². The van der Waals surface area contributed by atoms with E-state index < -0.39 is 17.7 Å². The number of hydrogen-bond acceptors (Lipinski definition) is 7. The number of nitrogens with zero attached hydrogens (tertiary/aromatic N) is 2. The Bertz CT molecular complexity index is 1970. The zero-order valence-corrected chi connectivity index (χ0v) is 29.2.